The van der Waals surface area contributed by atoms with Crippen LogP contribution in [0.1, 0.15) is 81.9 Å². The van der Waals surface area contributed by atoms with Crippen molar-refractivity contribution in [3.05, 3.63) is 52.7 Å². The van der Waals surface area contributed by atoms with Crippen molar-refractivity contribution in [1.82, 2.24) is 9.88 Å². The van der Waals surface area contributed by atoms with Gasteiger partial charge in [-0.1, -0.05) is 53.7 Å². The Morgan fingerprint density at radius 2 is 1.56 bits per heavy atom. The Labute approximate surface area is 215 Å². The molecule has 1 aliphatic heterocycles. The largest absolute Gasteiger partial charge is 0.507 e. The molecular weight excluding hydrogens is 454 g/mol. The second-order valence-corrected chi connectivity index (χ2v) is 11.5. The number of aryl methyl sites for hydroxylation is 1. The van der Waals surface area contributed by atoms with Gasteiger partial charge in [0.05, 0.1) is 12.2 Å². The van der Waals surface area contributed by atoms with Gasteiger partial charge in [0.2, 0.25) is 5.91 Å². The highest BCUT2D eigenvalue weighted by atomic mass is 16.5. The molecule has 0 unspecified atom stereocenters. The first-order valence-electron chi connectivity index (χ1n) is 12.8. The number of amides is 1. The minimum Gasteiger partial charge on any atom is -0.507 e. The van der Waals surface area contributed by atoms with Crippen molar-refractivity contribution in [3.63, 3.8) is 0 Å². The van der Waals surface area contributed by atoms with Gasteiger partial charge in [0.15, 0.2) is 0 Å². The summed E-state index contributed by atoms with van der Waals surface area (Å²) in [7, 11) is 0. The second kappa shape index (κ2) is 10.9. The van der Waals surface area contributed by atoms with E-state index in [1.54, 1.807) is 19.2 Å². The van der Waals surface area contributed by atoms with Crippen LogP contribution in [0.5, 0.6) is 5.75 Å². The summed E-state index contributed by atoms with van der Waals surface area (Å²) in [5, 5.41) is 10.9. The van der Waals surface area contributed by atoms with Crippen LogP contribution in [-0.4, -0.2) is 59.7 Å². The molecule has 1 aliphatic rings. The molecule has 3 rings (SSSR count). The van der Waals surface area contributed by atoms with Crippen LogP contribution in [0.3, 0.4) is 0 Å². The number of rotatable bonds is 6. The summed E-state index contributed by atoms with van der Waals surface area (Å²) in [5.74, 6) is 0.932. The lowest BCUT2D eigenvalue weighted by Gasteiger charge is -2.35. The van der Waals surface area contributed by atoms with E-state index in [4.69, 9.17) is 4.74 Å². The van der Waals surface area contributed by atoms with Crippen LogP contribution in [-0.2, 0) is 26.8 Å². The fourth-order valence-electron chi connectivity index (χ4n) is 4.48. The van der Waals surface area contributed by atoms with Gasteiger partial charge < -0.3 is 19.6 Å². The molecule has 7 nitrogen and oxygen atoms in total. The Bertz CT molecular complexity index is 1040. The van der Waals surface area contributed by atoms with Gasteiger partial charge in [-0.15, -0.1) is 0 Å². The number of aromatic hydroxyl groups is 1. The fraction of sp³-hybridized carbons (Fsp3) is 0.552. The number of pyridine rings is 1. The maximum Gasteiger partial charge on any atom is 0.339 e. The zero-order valence-corrected chi connectivity index (χ0v) is 22.9. The second-order valence-electron chi connectivity index (χ2n) is 11.5. The van der Waals surface area contributed by atoms with E-state index in [1.165, 1.54) is 0 Å². The smallest absolute Gasteiger partial charge is 0.339 e. The number of anilines is 1. The van der Waals surface area contributed by atoms with E-state index < -0.39 is 0 Å². The molecule has 1 amide bonds. The summed E-state index contributed by atoms with van der Waals surface area (Å²) < 4.78 is 5.01. The molecule has 1 N–H and O–H groups in total. The molecule has 0 aliphatic carbocycles. The lowest BCUT2D eigenvalue weighted by Crippen LogP contribution is -2.49. The van der Waals surface area contributed by atoms with Gasteiger partial charge in [-0.25, -0.2) is 9.78 Å². The number of carbonyl (C=O) groups excluding carboxylic acids is 2. The van der Waals surface area contributed by atoms with Gasteiger partial charge in [0.1, 0.15) is 11.6 Å². The molecule has 1 fully saturated rings. The van der Waals surface area contributed by atoms with Crippen LogP contribution < -0.4 is 4.90 Å². The van der Waals surface area contributed by atoms with Crippen molar-refractivity contribution in [2.45, 2.75) is 72.1 Å². The van der Waals surface area contributed by atoms with E-state index in [1.807, 2.05) is 11.0 Å². The maximum atomic E-state index is 13.0. The Morgan fingerprint density at radius 1 is 0.972 bits per heavy atom. The van der Waals surface area contributed by atoms with Crippen molar-refractivity contribution >= 4 is 17.7 Å². The quantitative estimate of drug-likeness (QED) is 0.578. The third-order valence-corrected chi connectivity index (χ3v) is 6.63. The summed E-state index contributed by atoms with van der Waals surface area (Å²) >= 11 is 0. The molecular formula is C29H41N3O4. The fourth-order valence-corrected chi connectivity index (χ4v) is 4.48. The van der Waals surface area contributed by atoms with E-state index in [0.29, 0.717) is 56.9 Å². The summed E-state index contributed by atoms with van der Waals surface area (Å²) in [4.78, 5) is 33.3. The van der Waals surface area contributed by atoms with Crippen LogP contribution in [0.25, 0.3) is 0 Å². The highest BCUT2D eigenvalue weighted by molar-refractivity contribution is 5.89. The van der Waals surface area contributed by atoms with Gasteiger partial charge in [0.25, 0.3) is 0 Å². The number of aromatic nitrogens is 1. The predicted octanol–water partition coefficient (Wildman–Crippen LogP) is 4.84. The van der Waals surface area contributed by atoms with Gasteiger partial charge >= 0.3 is 5.97 Å². The Balaban J connectivity index is 1.61. The average Bonchev–Trinajstić information content (AvgIpc) is 2.82. The first kappa shape index (κ1) is 27.5. The molecule has 1 saturated heterocycles. The number of benzene rings is 1. The van der Waals surface area contributed by atoms with Crippen molar-refractivity contribution in [3.8, 4) is 5.75 Å². The molecule has 0 saturated carbocycles. The van der Waals surface area contributed by atoms with Crippen molar-refractivity contribution in [2.75, 3.05) is 37.7 Å². The SMILES string of the molecule is CCOC(=O)c1ccc(N2CCN(C(=O)CCc3cc(C(C)(C)C)c(O)c(C(C)(C)C)c3)CC2)nc1. The monoisotopic (exact) mass is 495 g/mol. The Kier molecular flexibility index (Phi) is 8.32. The summed E-state index contributed by atoms with van der Waals surface area (Å²) in [6.07, 6.45) is 2.62. The van der Waals surface area contributed by atoms with E-state index in [9.17, 15) is 14.7 Å². The number of hydrogen-bond acceptors (Lipinski definition) is 6. The molecule has 0 spiro atoms. The zero-order chi connectivity index (χ0) is 26.7. The molecule has 196 valence electrons. The van der Waals surface area contributed by atoms with E-state index in [2.05, 4.69) is 63.6 Å². The zero-order valence-electron chi connectivity index (χ0n) is 22.9. The van der Waals surface area contributed by atoms with Gasteiger partial charge in [-0.2, -0.15) is 0 Å². The highest BCUT2D eigenvalue weighted by Crippen LogP contribution is 2.40. The molecule has 1 aromatic carbocycles. The number of esters is 1. The predicted molar refractivity (Wildman–Crippen MR) is 143 cm³/mol. The Hall–Kier alpha value is -3.09. The number of nitrogens with zero attached hydrogens (tertiary/aromatic N) is 3. The maximum absolute atomic E-state index is 13.0. The van der Waals surface area contributed by atoms with Gasteiger partial charge in [-0.05, 0) is 53.0 Å². The van der Waals surface area contributed by atoms with Crippen LogP contribution in [0.15, 0.2) is 30.5 Å². The van der Waals surface area contributed by atoms with E-state index in [-0.39, 0.29) is 22.7 Å². The number of phenolic OH excluding ortho intramolecular Hbond substituents is 1. The molecule has 0 radical (unpaired) electrons. The molecule has 2 aromatic rings. The number of ether oxygens (including phenoxy) is 1. The summed E-state index contributed by atoms with van der Waals surface area (Å²) in [5.41, 5.74) is 2.99. The molecule has 36 heavy (non-hydrogen) atoms. The summed E-state index contributed by atoms with van der Waals surface area (Å²) in [6, 6.07) is 7.67. The van der Waals surface area contributed by atoms with E-state index in [0.717, 1.165) is 22.5 Å². The minimum absolute atomic E-state index is 0.142. The lowest BCUT2D eigenvalue weighted by atomic mass is 9.78. The van der Waals surface area contributed by atoms with Crippen molar-refractivity contribution in [2.24, 2.45) is 0 Å². The van der Waals surface area contributed by atoms with Crippen LogP contribution >= 0.6 is 0 Å². The topological polar surface area (TPSA) is 83.0 Å². The lowest BCUT2D eigenvalue weighted by molar-refractivity contribution is -0.131. The third kappa shape index (κ3) is 6.56. The number of carbonyl (C=O) groups is 2. The first-order chi connectivity index (χ1) is 16.8. The first-order valence-corrected chi connectivity index (χ1v) is 12.8. The molecule has 0 bridgehead atoms. The van der Waals surface area contributed by atoms with Gasteiger partial charge in [-0.3, -0.25) is 4.79 Å². The average molecular weight is 496 g/mol. The Morgan fingerprint density at radius 3 is 2.03 bits per heavy atom. The molecule has 7 heteroatoms. The van der Waals surface area contributed by atoms with Crippen LogP contribution in [0, 0.1) is 0 Å². The van der Waals surface area contributed by atoms with Gasteiger partial charge in [0, 0.05) is 38.8 Å². The third-order valence-electron chi connectivity index (χ3n) is 6.63. The van der Waals surface area contributed by atoms with Crippen molar-refractivity contribution < 1.29 is 19.4 Å². The van der Waals surface area contributed by atoms with Crippen LogP contribution in [0.2, 0.25) is 0 Å². The molecule has 1 aromatic heterocycles. The van der Waals surface area contributed by atoms with E-state index >= 15 is 0 Å². The minimum atomic E-state index is -0.371. The summed E-state index contributed by atoms with van der Waals surface area (Å²) in [6.45, 7) is 17.4. The highest BCUT2D eigenvalue weighted by Gasteiger charge is 2.27. The number of phenols is 1. The molecule has 2 heterocycles. The number of hydrogen-bond donors (Lipinski definition) is 1. The molecule has 0 atom stereocenters. The normalized spacial score (nSPS) is 14.6. The van der Waals surface area contributed by atoms with Crippen molar-refractivity contribution in [1.29, 1.82) is 0 Å². The standard InChI is InChI=1S/C29H41N3O4/c1-8-36-27(35)21-10-11-24(30-19-21)31-13-15-32(16-14-31)25(33)12-9-20-17-22(28(2,3)4)26(34)23(18-20)29(5,6)7/h10-11,17-19,34H,8-9,12-16H2,1-7H3. The van der Waals surface area contributed by atoms with Crippen LogP contribution in [0.4, 0.5) is 5.82 Å². The number of piperazine rings is 1.